The zero-order chi connectivity index (χ0) is 11.4. The molecule has 84 valence electrons. The second-order valence-corrected chi connectivity index (χ2v) is 4.43. The summed E-state index contributed by atoms with van der Waals surface area (Å²) in [7, 11) is 4.04. The van der Waals surface area contributed by atoms with Crippen LogP contribution in [0.5, 0.6) is 0 Å². The highest BCUT2D eigenvalue weighted by Crippen LogP contribution is 2.03. The van der Waals surface area contributed by atoms with Gasteiger partial charge >= 0.3 is 0 Å². The van der Waals surface area contributed by atoms with Gasteiger partial charge in [-0.1, -0.05) is 19.1 Å². The molecule has 1 rings (SSSR count). The number of imidazole rings is 1. The van der Waals surface area contributed by atoms with Crippen molar-refractivity contribution in [1.82, 2.24) is 14.5 Å². The van der Waals surface area contributed by atoms with Gasteiger partial charge in [0.15, 0.2) is 0 Å². The molecule has 0 aliphatic heterocycles. The molecule has 1 heterocycles. The first-order valence-corrected chi connectivity index (χ1v) is 5.35. The van der Waals surface area contributed by atoms with Gasteiger partial charge in [-0.3, -0.25) is 4.90 Å². The lowest BCUT2D eigenvalue weighted by Gasteiger charge is -2.20. The van der Waals surface area contributed by atoms with Crippen LogP contribution in [-0.4, -0.2) is 33.0 Å². The smallest absolute Gasteiger partial charge is 0.122 e. The summed E-state index contributed by atoms with van der Waals surface area (Å²) < 4.78 is 2.02. The SMILES string of the molecule is CC(CN(C)Cc1nccn1C)C(N)=S. The van der Waals surface area contributed by atoms with E-state index in [9.17, 15) is 0 Å². The number of nitrogens with two attached hydrogens (primary N) is 1. The maximum absolute atomic E-state index is 5.57. The number of hydrogen-bond donors (Lipinski definition) is 1. The maximum atomic E-state index is 5.57. The Morgan fingerprint density at radius 1 is 1.73 bits per heavy atom. The Balaban J connectivity index is 2.46. The molecule has 0 radical (unpaired) electrons. The number of nitrogens with zero attached hydrogens (tertiary/aromatic N) is 3. The molecule has 0 aliphatic carbocycles. The summed E-state index contributed by atoms with van der Waals surface area (Å²) in [6.45, 7) is 3.72. The van der Waals surface area contributed by atoms with Gasteiger partial charge < -0.3 is 10.3 Å². The van der Waals surface area contributed by atoms with Crippen LogP contribution in [0.4, 0.5) is 0 Å². The number of hydrogen-bond acceptors (Lipinski definition) is 3. The van der Waals surface area contributed by atoms with Crippen LogP contribution in [0, 0.1) is 5.92 Å². The summed E-state index contributed by atoms with van der Waals surface area (Å²) >= 11 is 4.94. The van der Waals surface area contributed by atoms with Crippen LogP contribution in [-0.2, 0) is 13.6 Å². The summed E-state index contributed by atoms with van der Waals surface area (Å²) in [6.07, 6.45) is 3.75. The minimum Gasteiger partial charge on any atom is -0.393 e. The lowest BCUT2D eigenvalue weighted by atomic mass is 10.2. The quantitative estimate of drug-likeness (QED) is 0.754. The third-order valence-corrected chi connectivity index (χ3v) is 2.81. The minimum atomic E-state index is 0.241. The summed E-state index contributed by atoms with van der Waals surface area (Å²) in [5.74, 6) is 1.29. The lowest BCUT2D eigenvalue weighted by molar-refractivity contribution is 0.297. The Kier molecular flexibility index (Phi) is 4.23. The van der Waals surface area contributed by atoms with Crippen molar-refractivity contribution in [2.24, 2.45) is 18.7 Å². The summed E-state index contributed by atoms with van der Waals surface area (Å²) in [6, 6.07) is 0. The molecule has 0 bridgehead atoms. The van der Waals surface area contributed by atoms with Crippen molar-refractivity contribution in [1.29, 1.82) is 0 Å². The molecular formula is C10H18N4S. The second-order valence-electron chi connectivity index (χ2n) is 3.95. The first kappa shape index (κ1) is 12.1. The van der Waals surface area contributed by atoms with Gasteiger partial charge in [0.2, 0.25) is 0 Å². The third-order valence-electron chi connectivity index (χ3n) is 2.40. The zero-order valence-electron chi connectivity index (χ0n) is 9.47. The molecule has 5 heteroatoms. The van der Waals surface area contributed by atoms with E-state index in [1.807, 2.05) is 31.8 Å². The fraction of sp³-hybridized carbons (Fsp3) is 0.600. The first-order valence-electron chi connectivity index (χ1n) is 4.94. The highest BCUT2D eigenvalue weighted by Gasteiger charge is 2.10. The van der Waals surface area contributed by atoms with Gasteiger partial charge in [-0.25, -0.2) is 4.98 Å². The van der Waals surface area contributed by atoms with Crippen molar-refractivity contribution >= 4 is 17.2 Å². The molecule has 0 fully saturated rings. The lowest BCUT2D eigenvalue weighted by Crippen LogP contribution is -2.31. The van der Waals surface area contributed by atoms with Crippen molar-refractivity contribution in [3.8, 4) is 0 Å². The van der Waals surface area contributed by atoms with Crippen LogP contribution >= 0.6 is 12.2 Å². The fourth-order valence-electron chi connectivity index (χ4n) is 1.41. The molecule has 15 heavy (non-hydrogen) atoms. The van der Waals surface area contributed by atoms with Crippen LogP contribution in [0.2, 0.25) is 0 Å². The van der Waals surface area contributed by atoms with Crippen molar-refractivity contribution in [3.63, 3.8) is 0 Å². The maximum Gasteiger partial charge on any atom is 0.122 e. The molecule has 0 amide bonds. The molecule has 1 unspecified atom stereocenters. The van der Waals surface area contributed by atoms with Gasteiger partial charge in [-0.15, -0.1) is 0 Å². The van der Waals surface area contributed by atoms with Crippen molar-refractivity contribution in [2.45, 2.75) is 13.5 Å². The van der Waals surface area contributed by atoms with E-state index in [0.29, 0.717) is 4.99 Å². The second kappa shape index (κ2) is 5.23. The molecule has 0 aromatic carbocycles. The molecule has 4 nitrogen and oxygen atoms in total. The predicted octanol–water partition coefficient (Wildman–Crippen LogP) is 0.774. The van der Waals surface area contributed by atoms with E-state index in [2.05, 4.69) is 9.88 Å². The molecule has 0 spiro atoms. The summed E-state index contributed by atoms with van der Waals surface area (Å²) in [4.78, 5) is 7.01. The van der Waals surface area contributed by atoms with E-state index >= 15 is 0 Å². The van der Waals surface area contributed by atoms with Gasteiger partial charge in [0, 0.05) is 31.9 Å². The number of aromatic nitrogens is 2. The van der Waals surface area contributed by atoms with Crippen molar-refractivity contribution < 1.29 is 0 Å². The largest absolute Gasteiger partial charge is 0.393 e. The first-order chi connectivity index (χ1) is 7.00. The average molecular weight is 226 g/mol. The van der Waals surface area contributed by atoms with E-state index < -0.39 is 0 Å². The van der Waals surface area contributed by atoms with Crippen LogP contribution in [0.3, 0.4) is 0 Å². The standard InChI is InChI=1S/C10H18N4S/c1-8(10(11)15)6-13(2)7-9-12-4-5-14(9)3/h4-5,8H,6-7H2,1-3H3,(H2,11,15). The minimum absolute atomic E-state index is 0.241. The Labute approximate surface area is 96.1 Å². The highest BCUT2D eigenvalue weighted by molar-refractivity contribution is 7.80. The van der Waals surface area contributed by atoms with Crippen LogP contribution in [0.25, 0.3) is 0 Å². The van der Waals surface area contributed by atoms with Crippen LogP contribution < -0.4 is 5.73 Å². The molecule has 2 N–H and O–H groups in total. The summed E-state index contributed by atoms with van der Waals surface area (Å²) in [5.41, 5.74) is 5.57. The van der Waals surface area contributed by atoms with Gasteiger partial charge in [0.05, 0.1) is 11.5 Å². The molecule has 1 aromatic rings. The van der Waals surface area contributed by atoms with E-state index in [0.717, 1.165) is 18.9 Å². The summed E-state index contributed by atoms with van der Waals surface area (Å²) in [5, 5.41) is 0. The van der Waals surface area contributed by atoms with Crippen molar-refractivity contribution in [3.05, 3.63) is 18.2 Å². The Morgan fingerprint density at radius 3 is 2.87 bits per heavy atom. The number of thiocarbonyl (C=S) groups is 1. The van der Waals surface area contributed by atoms with E-state index in [-0.39, 0.29) is 5.92 Å². The molecule has 0 saturated heterocycles. The molecule has 0 aliphatic rings. The number of aryl methyl sites for hydroxylation is 1. The molecule has 1 aromatic heterocycles. The molecular weight excluding hydrogens is 208 g/mol. The zero-order valence-corrected chi connectivity index (χ0v) is 10.3. The third kappa shape index (κ3) is 3.60. The van der Waals surface area contributed by atoms with Crippen LogP contribution in [0.15, 0.2) is 12.4 Å². The Bertz CT molecular complexity index is 334. The van der Waals surface area contributed by atoms with Gasteiger partial charge in [-0.05, 0) is 7.05 Å². The molecule has 0 saturated carbocycles. The fourth-order valence-corrected chi connectivity index (χ4v) is 1.49. The highest BCUT2D eigenvalue weighted by atomic mass is 32.1. The normalized spacial score (nSPS) is 13.1. The van der Waals surface area contributed by atoms with Gasteiger partial charge in [0.25, 0.3) is 0 Å². The van der Waals surface area contributed by atoms with Gasteiger partial charge in [0.1, 0.15) is 5.82 Å². The van der Waals surface area contributed by atoms with Crippen molar-refractivity contribution in [2.75, 3.05) is 13.6 Å². The van der Waals surface area contributed by atoms with E-state index in [4.69, 9.17) is 18.0 Å². The predicted molar refractivity (Wildman–Crippen MR) is 65.5 cm³/mol. The Morgan fingerprint density at radius 2 is 2.40 bits per heavy atom. The Hall–Kier alpha value is -0.940. The average Bonchev–Trinajstić information content (AvgIpc) is 2.51. The number of rotatable bonds is 5. The van der Waals surface area contributed by atoms with Gasteiger partial charge in [-0.2, -0.15) is 0 Å². The molecule has 1 atom stereocenters. The topological polar surface area (TPSA) is 47.1 Å². The van der Waals surface area contributed by atoms with Crippen LogP contribution in [0.1, 0.15) is 12.7 Å². The monoisotopic (exact) mass is 226 g/mol. The van der Waals surface area contributed by atoms with E-state index in [1.54, 1.807) is 6.20 Å². The van der Waals surface area contributed by atoms with E-state index in [1.165, 1.54) is 0 Å².